The van der Waals surface area contributed by atoms with Gasteiger partial charge in [-0.25, -0.2) is 0 Å². The number of H-pyrrole nitrogens is 1. The molecule has 0 saturated heterocycles. The normalized spacial score (nSPS) is 12.4. The SMILES string of the molecule is CCC(C)c1[nH]nc(N)c1-c1cccc(OC)c1. The molecule has 4 heteroatoms. The minimum Gasteiger partial charge on any atom is -0.497 e. The summed E-state index contributed by atoms with van der Waals surface area (Å²) in [6.07, 6.45) is 1.04. The molecule has 4 nitrogen and oxygen atoms in total. The molecule has 0 bridgehead atoms. The van der Waals surface area contributed by atoms with Crippen molar-refractivity contribution in [2.45, 2.75) is 26.2 Å². The molecule has 0 radical (unpaired) electrons. The molecule has 0 aliphatic rings. The molecular weight excluding hydrogens is 226 g/mol. The zero-order valence-electron chi connectivity index (χ0n) is 11.0. The van der Waals surface area contributed by atoms with Gasteiger partial charge in [0.05, 0.1) is 7.11 Å². The Balaban J connectivity index is 2.52. The number of rotatable bonds is 4. The number of anilines is 1. The molecule has 18 heavy (non-hydrogen) atoms. The lowest BCUT2D eigenvalue weighted by Gasteiger charge is -2.10. The topological polar surface area (TPSA) is 63.9 Å². The first-order chi connectivity index (χ1) is 8.67. The zero-order chi connectivity index (χ0) is 13.1. The third kappa shape index (κ3) is 2.18. The van der Waals surface area contributed by atoms with Crippen molar-refractivity contribution < 1.29 is 4.74 Å². The van der Waals surface area contributed by atoms with Gasteiger partial charge in [-0.3, -0.25) is 5.10 Å². The van der Waals surface area contributed by atoms with E-state index in [0.717, 1.165) is 29.0 Å². The van der Waals surface area contributed by atoms with Crippen LogP contribution in [0.1, 0.15) is 31.9 Å². The van der Waals surface area contributed by atoms with Crippen molar-refractivity contribution in [3.8, 4) is 16.9 Å². The molecule has 0 spiro atoms. The molecule has 1 aromatic heterocycles. The number of methoxy groups -OCH3 is 1. The number of nitrogens with zero attached hydrogens (tertiary/aromatic N) is 1. The molecule has 0 saturated carbocycles. The largest absolute Gasteiger partial charge is 0.497 e. The van der Waals surface area contributed by atoms with Crippen molar-refractivity contribution in [3.63, 3.8) is 0 Å². The van der Waals surface area contributed by atoms with E-state index in [1.807, 2.05) is 24.3 Å². The highest BCUT2D eigenvalue weighted by Gasteiger charge is 2.17. The van der Waals surface area contributed by atoms with Gasteiger partial charge in [-0.2, -0.15) is 5.10 Å². The summed E-state index contributed by atoms with van der Waals surface area (Å²) in [5.41, 5.74) is 9.09. The van der Waals surface area contributed by atoms with E-state index >= 15 is 0 Å². The third-order valence-electron chi connectivity index (χ3n) is 3.29. The Kier molecular flexibility index (Phi) is 3.55. The monoisotopic (exact) mass is 245 g/mol. The first kappa shape index (κ1) is 12.5. The number of aromatic amines is 1. The Morgan fingerprint density at radius 1 is 1.44 bits per heavy atom. The molecule has 0 aliphatic heterocycles. The summed E-state index contributed by atoms with van der Waals surface area (Å²) in [5, 5.41) is 7.17. The lowest BCUT2D eigenvalue weighted by atomic mass is 9.96. The molecule has 1 heterocycles. The van der Waals surface area contributed by atoms with Crippen molar-refractivity contribution in [1.82, 2.24) is 10.2 Å². The molecule has 1 atom stereocenters. The van der Waals surface area contributed by atoms with E-state index in [2.05, 4.69) is 24.0 Å². The number of nitrogen functional groups attached to an aromatic ring is 1. The molecule has 2 aromatic rings. The Hall–Kier alpha value is -1.97. The first-order valence-electron chi connectivity index (χ1n) is 6.15. The van der Waals surface area contributed by atoms with E-state index in [1.54, 1.807) is 7.11 Å². The smallest absolute Gasteiger partial charge is 0.153 e. The van der Waals surface area contributed by atoms with Crippen LogP contribution in [0.3, 0.4) is 0 Å². The van der Waals surface area contributed by atoms with Crippen molar-refractivity contribution in [3.05, 3.63) is 30.0 Å². The van der Waals surface area contributed by atoms with E-state index in [1.165, 1.54) is 0 Å². The first-order valence-corrected chi connectivity index (χ1v) is 6.15. The van der Waals surface area contributed by atoms with Crippen LogP contribution >= 0.6 is 0 Å². The summed E-state index contributed by atoms with van der Waals surface area (Å²) in [7, 11) is 1.66. The van der Waals surface area contributed by atoms with Crippen LogP contribution in [0.4, 0.5) is 5.82 Å². The molecule has 1 unspecified atom stereocenters. The van der Waals surface area contributed by atoms with Crippen LogP contribution < -0.4 is 10.5 Å². The maximum atomic E-state index is 5.97. The summed E-state index contributed by atoms with van der Waals surface area (Å²) >= 11 is 0. The van der Waals surface area contributed by atoms with Gasteiger partial charge in [-0.1, -0.05) is 26.0 Å². The number of aromatic nitrogens is 2. The van der Waals surface area contributed by atoms with Crippen molar-refractivity contribution >= 4 is 5.82 Å². The highest BCUT2D eigenvalue weighted by Crippen LogP contribution is 2.34. The minimum atomic E-state index is 0.399. The van der Waals surface area contributed by atoms with Crippen LogP contribution in [-0.2, 0) is 0 Å². The number of benzene rings is 1. The number of nitrogens with two attached hydrogens (primary N) is 1. The average Bonchev–Trinajstić information content (AvgIpc) is 2.79. The molecular formula is C14H19N3O. The summed E-state index contributed by atoms with van der Waals surface area (Å²) in [6, 6.07) is 7.88. The number of ether oxygens (including phenoxy) is 1. The molecule has 3 N–H and O–H groups in total. The summed E-state index contributed by atoms with van der Waals surface area (Å²) in [6.45, 7) is 4.31. The van der Waals surface area contributed by atoms with Crippen molar-refractivity contribution in [2.75, 3.05) is 12.8 Å². The molecule has 2 rings (SSSR count). The second-order valence-electron chi connectivity index (χ2n) is 4.44. The Bertz CT molecular complexity index is 534. The maximum Gasteiger partial charge on any atom is 0.153 e. The standard InChI is InChI=1S/C14H19N3O/c1-4-9(2)13-12(14(15)17-16-13)10-6-5-7-11(8-10)18-3/h5-9H,4H2,1-3H3,(H3,15,16,17). The van der Waals surface area contributed by atoms with Crippen LogP contribution in [0, 0.1) is 0 Å². The fraction of sp³-hybridized carbons (Fsp3) is 0.357. The van der Waals surface area contributed by atoms with E-state index in [-0.39, 0.29) is 0 Å². The van der Waals surface area contributed by atoms with Crippen LogP contribution in [0.5, 0.6) is 5.75 Å². The zero-order valence-corrected chi connectivity index (χ0v) is 11.0. The fourth-order valence-corrected chi connectivity index (χ4v) is 2.01. The predicted molar refractivity (Wildman–Crippen MR) is 73.7 cm³/mol. The Morgan fingerprint density at radius 3 is 2.89 bits per heavy atom. The van der Waals surface area contributed by atoms with Gasteiger partial charge in [0.15, 0.2) is 5.82 Å². The summed E-state index contributed by atoms with van der Waals surface area (Å²) < 4.78 is 5.25. The highest BCUT2D eigenvalue weighted by molar-refractivity contribution is 5.77. The second kappa shape index (κ2) is 5.12. The van der Waals surface area contributed by atoms with Crippen LogP contribution in [-0.4, -0.2) is 17.3 Å². The van der Waals surface area contributed by atoms with Crippen LogP contribution in [0.2, 0.25) is 0 Å². The van der Waals surface area contributed by atoms with Crippen molar-refractivity contribution in [1.29, 1.82) is 0 Å². The molecule has 96 valence electrons. The summed E-state index contributed by atoms with van der Waals surface area (Å²) in [5.74, 6) is 1.76. The number of hydrogen-bond acceptors (Lipinski definition) is 3. The van der Waals surface area contributed by atoms with Gasteiger partial charge >= 0.3 is 0 Å². The quantitative estimate of drug-likeness (QED) is 0.869. The van der Waals surface area contributed by atoms with E-state index in [9.17, 15) is 0 Å². The minimum absolute atomic E-state index is 0.399. The van der Waals surface area contributed by atoms with Crippen molar-refractivity contribution in [2.24, 2.45) is 0 Å². The Morgan fingerprint density at radius 2 is 2.22 bits per heavy atom. The van der Waals surface area contributed by atoms with Gasteiger partial charge in [0.1, 0.15) is 5.75 Å². The van der Waals surface area contributed by atoms with Crippen LogP contribution in [0.15, 0.2) is 24.3 Å². The highest BCUT2D eigenvalue weighted by atomic mass is 16.5. The van der Waals surface area contributed by atoms with Gasteiger partial charge in [0.25, 0.3) is 0 Å². The molecule has 0 fully saturated rings. The van der Waals surface area contributed by atoms with Gasteiger partial charge in [0, 0.05) is 11.3 Å². The molecule has 1 aromatic carbocycles. The van der Waals surface area contributed by atoms with E-state index in [0.29, 0.717) is 11.7 Å². The number of nitrogens with one attached hydrogen (secondary N) is 1. The Labute approximate surface area is 107 Å². The molecule has 0 aliphatic carbocycles. The molecule has 0 amide bonds. The number of hydrogen-bond donors (Lipinski definition) is 2. The van der Waals surface area contributed by atoms with Gasteiger partial charge in [0.2, 0.25) is 0 Å². The maximum absolute atomic E-state index is 5.97. The van der Waals surface area contributed by atoms with E-state index < -0.39 is 0 Å². The average molecular weight is 245 g/mol. The van der Waals surface area contributed by atoms with Crippen LogP contribution in [0.25, 0.3) is 11.1 Å². The third-order valence-corrected chi connectivity index (χ3v) is 3.29. The van der Waals surface area contributed by atoms with Gasteiger partial charge in [-0.05, 0) is 30.0 Å². The second-order valence-corrected chi connectivity index (χ2v) is 4.44. The fourth-order valence-electron chi connectivity index (χ4n) is 2.01. The lowest BCUT2D eigenvalue weighted by Crippen LogP contribution is -1.96. The van der Waals surface area contributed by atoms with E-state index in [4.69, 9.17) is 10.5 Å². The van der Waals surface area contributed by atoms with Gasteiger partial charge in [-0.15, -0.1) is 0 Å². The lowest BCUT2D eigenvalue weighted by molar-refractivity contribution is 0.415. The predicted octanol–water partition coefficient (Wildman–Crippen LogP) is 3.18. The summed E-state index contributed by atoms with van der Waals surface area (Å²) in [4.78, 5) is 0. The van der Waals surface area contributed by atoms with Gasteiger partial charge < -0.3 is 10.5 Å².